The molecule has 2 unspecified atom stereocenters. The van der Waals surface area contributed by atoms with Crippen LogP contribution < -0.4 is 5.32 Å². The third kappa shape index (κ3) is 2.48. The summed E-state index contributed by atoms with van der Waals surface area (Å²) in [7, 11) is 1.95. The lowest BCUT2D eigenvalue weighted by atomic mass is 9.77. The SMILES string of the molecule is CCCN1CCCC2Cc3nc(NC)ccc3CC21. The number of likely N-dealkylation sites (tertiary alicyclic amines) is 1. The van der Waals surface area contributed by atoms with Crippen molar-refractivity contribution in [3.8, 4) is 0 Å². The van der Waals surface area contributed by atoms with Crippen molar-refractivity contribution in [2.75, 3.05) is 25.5 Å². The smallest absolute Gasteiger partial charge is 0.125 e. The van der Waals surface area contributed by atoms with Crippen molar-refractivity contribution in [3.05, 3.63) is 23.4 Å². The van der Waals surface area contributed by atoms with Gasteiger partial charge in [0.25, 0.3) is 0 Å². The summed E-state index contributed by atoms with van der Waals surface area (Å²) < 4.78 is 0. The molecule has 0 radical (unpaired) electrons. The molecule has 1 aliphatic heterocycles. The highest BCUT2D eigenvalue weighted by Crippen LogP contribution is 2.34. The van der Waals surface area contributed by atoms with Gasteiger partial charge in [-0.25, -0.2) is 4.98 Å². The predicted molar refractivity (Wildman–Crippen MR) is 79.6 cm³/mol. The van der Waals surface area contributed by atoms with Crippen LogP contribution in [-0.4, -0.2) is 36.1 Å². The minimum atomic E-state index is 0.767. The molecule has 3 heteroatoms. The van der Waals surface area contributed by atoms with E-state index >= 15 is 0 Å². The summed E-state index contributed by atoms with van der Waals surface area (Å²) in [5.41, 5.74) is 2.81. The summed E-state index contributed by atoms with van der Waals surface area (Å²) in [6.45, 7) is 4.85. The first-order valence-electron chi connectivity index (χ1n) is 7.72. The Balaban J connectivity index is 1.84. The fraction of sp³-hybridized carbons (Fsp3) is 0.688. The first-order chi connectivity index (χ1) is 9.31. The van der Waals surface area contributed by atoms with Gasteiger partial charge in [-0.15, -0.1) is 0 Å². The fourth-order valence-electron chi connectivity index (χ4n) is 3.82. The zero-order valence-electron chi connectivity index (χ0n) is 12.2. The summed E-state index contributed by atoms with van der Waals surface area (Å²) in [6, 6.07) is 5.17. The van der Waals surface area contributed by atoms with Crippen molar-refractivity contribution in [3.63, 3.8) is 0 Å². The molecule has 1 N–H and O–H groups in total. The quantitative estimate of drug-likeness (QED) is 0.904. The van der Waals surface area contributed by atoms with Crippen molar-refractivity contribution in [1.29, 1.82) is 0 Å². The van der Waals surface area contributed by atoms with E-state index in [1.807, 2.05) is 7.05 Å². The van der Waals surface area contributed by atoms with Crippen LogP contribution in [0, 0.1) is 5.92 Å². The Bertz CT molecular complexity index is 442. The molecule has 0 amide bonds. The van der Waals surface area contributed by atoms with Gasteiger partial charge >= 0.3 is 0 Å². The van der Waals surface area contributed by atoms with Crippen LogP contribution >= 0.6 is 0 Å². The zero-order valence-corrected chi connectivity index (χ0v) is 12.2. The minimum absolute atomic E-state index is 0.767. The van der Waals surface area contributed by atoms with Crippen LogP contribution in [0.3, 0.4) is 0 Å². The third-order valence-corrected chi connectivity index (χ3v) is 4.75. The van der Waals surface area contributed by atoms with Crippen molar-refractivity contribution in [2.24, 2.45) is 5.92 Å². The Labute approximate surface area is 116 Å². The first-order valence-corrected chi connectivity index (χ1v) is 7.72. The number of rotatable bonds is 3. The summed E-state index contributed by atoms with van der Waals surface area (Å²) >= 11 is 0. The van der Waals surface area contributed by atoms with Gasteiger partial charge in [-0.1, -0.05) is 13.0 Å². The topological polar surface area (TPSA) is 28.2 Å². The number of hydrogen-bond donors (Lipinski definition) is 1. The van der Waals surface area contributed by atoms with Crippen molar-refractivity contribution >= 4 is 5.82 Å². The van der Waals surface area contributed by atoms with E-state index in [1.165, 1.54) is 56.5 Å². The van der Waals surface area contributed by atoms with Crippen LogP contribution in [0.1, 0.15) is 37.4 Å². The molecule has 0 bridgehead atoms. The Hall–Kier alpha value is -1.09. The molecule has 3 nitrogen and oxygen atoms in total. The van der Waals surface area contributed by atoms with Crippen LogP contribution in [0.4, 0.5) is 5.82 Å². The number of piperidine rings is 1. The Morgan fingerprint density at radius 3 is 3.05 bits per heavy atom. The van der Waals surface area contributed by atoms with Crippen LogP contribution in [-0.2, 0) is 12.8 Å². The maximum absolute atomic E-state index is 4.76. The molecule has 19 heavy (non-hydrogen) atoms. The minimum Gasteiger partial charge on any atom is -0.373 e. The monoisotopic (exact) mass is 259 g/mol. The maximum Gasteiger partial charge on any atom is 0.125 e. The highest BCUT2D eigenvalue weighted by molar-refractivity contribution is 5.39. The summed E-state index contributed by atoms with van der Waals surface area (Å²) in [6.07, 6.45) is 6.40. The lowest BCUT2D eigenvalue weighted by molar-refractivity contribution is 0.0846. The maximum atomic E-state index is 4.76. The van der Waals surface area contributed by atoms with Gasteiger partial charge in [0.1, 0.15) is 5.82 Å². The molecule has 0 spiro atoms. The van der Waals surface area contributed by atoms with Gasteiger partial charge in [0, 0.05) is 18.8 Å². The van der Waals surface area contributed by atoms with E-state index in [0.717, 1.165) is 17.8 Å². The van der Waals surface area contributed by atoms with Gasteiger partial charge in [0.05, 0.1) is 0 Å². The molecule has 1 fully saturated rings. The number of anilines is 1. The van der Waals surface area contributed by atoms with E-state index in [2.05, 4.69) is 29.3 Å². The molecule has 0 aromatic carbocycles. The van der Waals surface area contributed by atoms with Gasteiger partial charge < -0.3 is 5.32 Å². The second-order valence-corrected chi connectivity index (χ2v) is 5.97. The second kappa shape index (κ2) is 5.49. The van der Waals surface area contributed by atoms with E-state index in [0.29, 0.717) is 0 Å². The molecule has 3 rings (SSSR count). The lowest BCUT2D eigenvalue weighted by Gasteiger charge is -2.44. The molecule has 1 aromatic rings. The standard InChI is InChI=1S/C16H25N3/c1-3-8-19-9-4-5-13-10-14-12(11-15(13)19)6-7-16(17-2)18-14/h6-7,13,15H,3-5,8-11H2,1-2H3,(H,17,18). The van der Waals surface area contributed by atoms with Crippen LogP contribution in [0.2, 0.25) is 0 Å². The molecular formula is C16H25N3. The van der Waals surface area contributed by atoms with Crippen molar-refractivity contribution in [1.82, 2.24) is 9.88 Å². The van der Waals surface area contributed by atoms with Gasteiger partial charge in [0.2, 0.25) is 0 Å². The van der Waals surface area contributed by atoms with Gasteiger partial charge in [-0.05, 0) is 62.7 Å². The van der Waals surface area contributed by atoms with Gasteiger partial charge in [-0.3, -0.25) is 4.90 Å². The zero-order chi connectivity index (χ0) is 13.2. The molecule has 2 atom stereocenters. The second-order valence-electron chi connectivity index (χ2n) is 5.97. The molecule has 1 saturated heterocycles. The fourth-order valence-corrected chi connectivity index (χ4v) is 3.82. The first kappa shape index (κ1) is 12.9. The third-order valence-electron chi connectivity index (χ3n) is 4.75. The van der Waals surface area contributed by atoms with Crippen LogP contribution in [0.25, 0.3) is 0 Å². The highest BCUT2D eigenvalue weighted by Gasteiger charge is 2.35. The highest BCUT2D eigenvalue weighted by atomic mass is 15.2. The predicted octanol–water partition coefficient (Wildman–Crippen LogP) is 2.71. The van der Waals surface area contributed by atoms with E-state index < -0.39 is 0 Å². The van der Waals surface area contributed by atoms with Gasteiger partial charge in [-0.2, -0.15) is 0 Å². The molecule has 1 aliphatic carbocycles. The van der Waals surface area contributed by atoms with E-state index in [-0.39, 0.29) is 0 Å². The summed E-state index contributed by atoms with van der Waals surface area (Å²) in [5, 5.41) is 3.16. The van der Waals surface area contributed by atoms with E-state index in [9.17, 15) is 0 Å². The average Bonchev–Trinajstić information content (AvgIpc) is 2.45. The Kier molecular flexibility index (Phi) is 3.74. The Morgan fingerprint density at radius 1 is 1.37 bits per heavy atom. The van der Waals surface area contributed by atoms with Crippen LogP contribution in [0.15, 0.2) is 12.1 Å². The summed E-state index contributed by atoms with van der Waals surface area (Å²) in [4.78, 5) is 7.49. The molecule has 2 heterocycles. The van der Waals surface area contributed by atoms with E-state index in [4.69, 9.17) is 4.98 Å². The number of aromatic nitrogens is 1. The lowest BCUT2D eigenvalue weighted by Crippen LogP contribution is -2.49. The normalized spacial score (nSPS) is 26.6. The number of pyridine rings is 1. The summed E-state index contributed by atoms with van der Waals surface area (Å²) in [5.74, 6) is 1.84. The van der Waals surface area contributed by atoms with E-state index in [1.54, 1.807) is 0 Å². The molecule has 1 aromatic heterocycles. The average molecular weight is 259 g/mol. The Morgan fingerprint density at radius 2 is 2.26 bits per heavy atom. The van der Waals surface area contributed by atoms with Crippen molar-refractivity contribution in [2.45, 2.75) is 45.1 Å². The largest absolute Gasteiger partial charge is 0.373 e. The number of fused-ring (bicyclic) bond motifs is 2. The molecule has 2 aliphatic rings. The number of nitrogens with zero attached hydrogens (tertiary/aromatic N) is 2. The number of hydrogen-bond acceptors (Lipinski definition) is 3. The van der Waals surface area contributed by atoms with Gasteiger partial charge in [0.15, 0.2) is 0 Å². The molecular weight excluding hydrogens is 234 g/mol. The van der Waals surface area contributed by atoms with Crippen LogP contribution in [0.5, 0.6) is 0 Å². The number of nitrogens with one attached hydrogen (secondary N) is 1. The van der Waals surface area contributed by atoms with Crippen molar-refractivity contribution < 1.29 is 0 Å². The molecule has 0 saturated carbocycles. The molecule has 104 valence electrons.